The second-order valence-electron chi connectivity index (χ2n) is 4.22. The van der Waals surface area contributed by atoms with Gasteiger partial charge in [-0.25, -0.2) is 0 Å². The fourth-order valence-electron chi connectivity index (χ4n) is 1.70. The third-order valence-electron chi connectivity index (χ3n) is 2.72. The molecule has 1 amide bonds. The smallest absolute Gasteiger partial charge is 0.305 e. The van der Waals surface area contributed by atoms with Crippen LogP contribution in [0.1, 0.15) is 30.1 Å². The monoisotopic (exact) mass is 279 g/mol. The van der Waals surface area contributed by atoms with E-state index in [1.54, 1.807) is 32.2 Å². The van der Waals surface area contributed by atoms with E-state index in [9.17, 15) is 9.59 Å². The largest absolute Gasteiger partial charge is 0.466 e. The maximum Gasteiger partial charge on any atom is 0.305 e. The van der Waals surface area contributed by atoms with Gasteiger partial charge < -0.3 is 21.1 Å². The molecule has 0 bridgehead atoms. The number of ether oxygens (including phenoxy) is 1. The van der Waals surface area contributed by atoms with Crippen molar-refractivity contribution in [3.8, 4) is 0 Å². The molecule has 0 radical (unpaired) electrons. The van der Waals surface area contributed by atoms with Gasteiger partial charge in [0.1, 0.15) is 0 Å². The van der Waals surface area contributed by atoms with Crippen LogP contribution in [0, 0.1) is 0 Å². The first-order valence-corrected chi connectivity index (χ1v) is 6.59. The fraction of sp³-hybridized carbons (Fsp3) is 0.429. The predicted octanol–water partition coefficient (Wildman–Crippen LogP) is 1.38. The number of nitrogens with one attached hydrogen (secondary N) is 2. The molecule has 6 heteroatoms. The minimum absolute atomic E-state index is 0.175. The number of carbonyl (C=O) groups is 2. The van der Waals surface area contributed by atoms with Crippen LogP contribution in [-0.2, 0) is 9.53 Å². The van der Waals surface area contributed by atoms with E-state index in [1.165, 1.54) is 0 Å². The molecule has 0 aromatic heterocycles. The van der Waals surface area contributed by atoms with Crippen LogP contribution < -0.4 is 16.4 Å². The number of carbonyl (C=O) groups excluding carboxylic acids is 2. The van der Waals surface area contributed by atoms with Gasteiger partial charge in [0.15, 0.2) is 0 Å². The number of esters is 1. The van der Waals surface area contributed by atoms with Gasteiger partial charge in [0.05, 0.1) is 18.0 Å². The van der Waals surface area contributed by atoms with Crippen LogP contribution in [0.15, 0.2) is 18.2 Å². The summed E-state index contributed by atoms with van der Waals surface area (Å²) >= 11 is 0. The minimum atomic E-state index is -0.197. The molecule has 0 atom stereocenters. The lowest BCUT2D eigenvalue weighted by Crippen LogP contribution is -2.18. The minimum Gasteiger partial charge on any atom is -0.466 e. The normalized spacial score (nSPS) is 9.90. The van der Waals surface area contributed by atoms with Crippen LogP contribution in [-0.4, -0.2) is 32.1 Å². The number of hydrogen-bond donors (Lipinski definition) is 3. The Morgan fingerprint density at radius 2 is 2.10 bits per heavy atom. The Kier molecular flexibility index (Phi) is 6.36. The highest BCUT2D eigenvalue weighted by atomic mass is 16.5. The SMILES string of the molecule is CCOC(=O)CCCNc1ccc(C(=O)NC)cc1N. The Labute approximate surface area is 118 Å². The van der Waals surface area contributed by atoms with E-state index in [2.05, 4.69) is 10.6 Å². The molecule has 0 fully saturated rings. The van der Waals surface area contributed by atoms with E-state index < -0.39 is 0 Å². The zero-order chi connectivity index (χ0) is 15.0. The lowest BCUT2D eigenvalue weighted by molar-refractivity contribution is -0.143. The Morgan fingerprint density at radius 3 is 2.70 bits per heavy atom. The van der Waals surface area contributed by atoms with Gasteiger partial charge in [-0.15, -0.1) is 0 Å². The predicted molar refractivity (Wildman–Crippen MR) is 78.6 cm³/mol. The van der Waals surface area contributed by atoms with Crippen molar-refractivity contribution in [3.63, 3.8) is 0 Å². The molecule has 1 rings (SSSR count). The van der Waals surface area contributed by atoms with Crippen molar-refractivity contribution in [2.75, 3.05) is 31.2 Å². The summed E-state index contributed by atoms with van der Waals surface area (Å²) in [6, 6.07) is 5.07. The summed E-state index contributed by atoms with van der Waals surface area (Å²) in [6.07, 6.45) is 1.03. The first kappa shape index (κ1) is 15.8. The highest BCUT2D eigenvalue weighted by Crippen LogP contribution is 2.19. The van der Waals surface area contributed by atoms with Gasteiger partial charge in [-0.3, -0.25) is 9.59 Å². The van der Waals surface area contributed by atoms with E-state index in [1.807, 2.05) is 0 Å². The van der Waals surface area contributed by atoms with Crippen molar-refractivity contribution >= 4 is 23.3 Å². The Hall–Kier alpha value is -2.24. The summed E-state index contributed by atoms with van der Waals surface area (Å²) in [5, 5.41) is 5.67. The second kappa shape index (κ2) is 8.04. The highest BCUT2D eigenvalue weighted by molar-refractivity contribution is 5.95. The lowest BCUT2D eigenvalue weighted by Gasteiger charge is -2.10. The topological polar surface area (TPSA) is 93.4 Å². The van der Waals surface area contributed by atoms with Crippen molar-refractivity contribution in [1.29, 1.82) is 0 Å². The van der Waals surface area contributed by atoms with E-state index >= 15 is 0 Å². The molecule has 0 aliphatic heterocycles. The number of hydrogen-bond acceptors (Lipinski definition) is 5. The van der Waals surface area contributed by atoms with Gasteiger partial charge in [-0.05, 0) is 31.5 Å². The van der Waals surface area contributed by atoms with Crippen molar-refractivity contribution in [3.05, 3.63) is 23.8 Å². The van der Waals surface area contributed by atoms with Gasteiger partial charge in [0, 0.05) is 25.6 Å². The first-order chi connectivity index (χ1) is 9.58. The summed E-state index contributed by atoms with van der Waals surface area (Å²) in [4.78, 5) is 22.6. The number of amides is 1. The Bertz CT molecular complexity index is 475. The Morgan fingerprint density at radius 1 is 1.35 bits per heavy atom. The van der Waals surface area contributed by atoms with Crippen molar-refractivity contribution in [2.24, 2.45) is 0 Å². The average Bonchev–Trinajstić information content (AvgIpc) is 2.44. The van der Waals surface area contributed by atoms with E-state index in [-0.39, 0.29) is 11.9 Å². The summed E-state index contributed by atoms with van der Waals surface area (Å²) in [5.74, 6) is -0.372. The number of rotatable bonds is 7. The van der Waals surface area contributed by atoms with Crippen LogP contribution in [0.2, 0.25) is 0 Å². The third kappa shape index (κ3) is 4.79. The number of nitrogens with two attached hydrogens (primary N) is 1. The maximum absolute atomic E-state index is 11.4. The van der Waals surface area contributed by atoms with Gasteiger partial charge in [-0.1, -0.05) is 0 Å². The van der Waals surface area contributed by atoms with Crippen LogP contribution >= 0.6 is 0 Å². The summed E-state index contributed by atoms with van der Waals surface area (Å²) in [5.41, 5.74) is 7.64. The van der Waals surface area contributed by atoms with E-state index in [4.69, 9.17) is 10.5 Å². The molecule has 1 aromatic carbocycles. The molecule has 0 saturated carbocycles. The molecule has 6 nitrogen and oxygen atoms in total. The second-order valence-corrected chi connectivity index (χ2v) is 4.22. The summed E-state index contributed by atoms with van der Waals surface area (Å²) < 4.78 is 4.84. The van der Waals surface area contributed by atoms with Gasteiger partial charge in [0.25, 0.3) is 5.91 Å². The van der Waals surface area contributed by atoms with Crippen molar-refractivity contribution in [1.82, 2.24) is 5.32 Å². The zero-order valence-corrected chi connectivity index (χ0v) is 11.9. The van der Waals surface area contributed by atoms with Crippen LogP contribution in [0.3, 0.4) is 0 Å². The molecule has 20 heavy (non-hydrogen) atoms. The molecule has 0 saturated heterocycles. The van der Waals surface area contributed by atoms with E-state index in [0.29, 0.717) is 37.2 Å². The molecular weight excluding hydrogens is 258 g/mol. The summed E-state index contributed by atoms with van der Waals surface area (Å²) in [6.45, 7) is 2.80. The quantitative estimate of drug-likeness (QED) is 0.398. The van der Waals surface area contributed by atoms with Gasteiger partial charge in [0.2, 0.25) is 0 Å². The standard InChI is InChI=1S/C14H21N3O3/c1-3-20-13(18)5-4-8-17-12-7-6-10(9-11(12)15)14(19)16-2/h6-7,9,17H,3-5,8,15H2,1-2H3,(H,16,19). The number of anilines is 2. The molecular formula is C14H21N3O3. The van der Waals surface area contributed by atoms with Gasteiger partial charge in [-0.2, -0.15) is 0 Å². The van der Waals surface area contributed by atoms with E-state index in [0.717, 1.165) is 5.69 Å². The van der Waals surface area contributed by atoms with Crippen LogP contribution in [0.5, 0.6) is 0 Å². The van der Waals surface area contributed by atoms with Crippen molar-refractivity contribution in [2.45, 2.75) is 19.8 Å². The Balaban J connectivity index is 2.45. The molecule has 0 aliphatic rings. The molecule has 110 valence electrons. The molecule has 0 unspecified atom stereocenters. The maximum atomic E-state index is 11.4. The molecule has 0 aliphatic carbocycles. The third-order valence-corrected chi connectivity index (χ3v) is 2.72. The van der Waals surface area contributed by atoms with Crippen molar-refractivity contribution < 1.29 is 14.3 Å². The molecule has 0 spiro atoms. The highest BCUT2D eigenvalue weighted by Gasteiger charge is 2.06. The molecule has 0 heterocycles. The zero-order valence-electron chi connectivity index (χ0n) is 11.9. The van der Waals surface area contributed by atoms with Crippen LogP contribution in [0.4, 0.5) is 11.4 Å². The summed E-state index contributed by atoms with van der Waals surface area (Å²) in [7, 11) is 1.57. The van der Waals surface area contributed by atoms with Gasteiger partial charge >= 0.3 is 5.97 Å². The number of benzene rings is 1. The molecule has 1 aromatic rings. The first-order valence-electron chi connectivity index (χ1n) is 6.59. The number of nitrogen functional groups attached to an aromatic ring is 1. The lowest BCUT2D eigenvalue weighted by atomic mass is 10.1. The fourth-order valence-corrected chi connectivity index (χ4v) is 1.70. The average molecular weight is 279 g/mol. The molecule has 4 N–H and O–H groups in total. The van der Waals surface area contributed by atoms with Crippen LogP contribution in [0.25, 0.3) is 0 Å².